The van der Waals surface area contributed by atoms with Gasteiger partial charge in [-0.2, -0.15) is 0 Å². The number of nitrogens with one attached hydrogen (secondary N) is 1. The van der Waals surface area contributed by atoms with Crippen molar-refractivity contribution in [2.45, 2.75) is 70.5 Å². The van der Waals surface area contributed by atoms with Crippen molar-refractivity contribution in [3.8, 4) is 5.75 Å². The fourth-order valence-electron chi connectivity index (χ4n) is 4.85. The minimum Gasteiger partial charge on any atom is -0.497 e. The number of methoxy groups -OCH3 is 1. The Hall–Kier alpha value is -2.78. The Morgan fingerprint density at radius 1 is 1.13 bits per heavy atom. The zero-order chi connectivity index (χ0) is 27.7. The summed E-state index contributed by atoms with van der Waals surface area (Å²) in [5.41, 5.74) is 1.33. The SMILES string of the molecule is CCC(C(=O)NC1CCCC1)N(Cc1ccc(OC)cc1)C(=O)CCCN(c1cccc(Cl)c1)S(C)(=O)=O. The quantitative estimate of drug-likeness (QED) is 0.379. The van der Waals surface area contributed by atoms with Crippen LogP contribution in [0.5, 0.6) is 5.75 Å². The Kier molecular flexibility index (Phi) is 10.8. The van der Waals surface area contributed by atoms with Gasteiger partial charge in [0.2, 0.25) is 21.8 Å². The maximum absolute atomic E-state index is 13.6. The minimum atomic E-state index is -3.58. The summed E-state index contributed by atoms with van der Waals surface area (Å²) in [5.74, 6) is 0.367. The molecule has 38 heavy (non-hydrogen) atoms. The molecule has 1 aliphatic rings. The first-order valence-electron chi connectivity index (χ1n) is 13.1. The molecule has 1 unspecified atom stereocenters. The first-order chi connectivity index (χ1) is 18.1. The second-order valence-electron chi connectivity index (χ2n) is 9.70. The van der Waals surface area contributed by atoms with E-state index in [0.29, 0.717) is 22.9 Å². The van der Waals surface area contributed by atoms with E-state index in [9.17, 15) is 18.0 Å². The molecule has 0 heterocycles. The highest BCUT2D eigenvalue weighted by atomic mass is 35.5. The molecule has 208 valence electrons. The van der Waals surface area contributed by atoms with Crippen LogP contribution < -0.4 is 14.4 Å². The number of halogens is 1. The second-order valence-corrected chi connectivity index (χ2v) is 12.0. The average molecular weight is 564 g/mol. The number of carbonyl (C=O) groups is 2. The lowest BCUT2D eigenvalue weighted by molar-refractivity contribution is -0.141. The van der Waals surface area contributed by atoms with E-state index < -0.39 is 16.1 Å². The van der Waals surface area contributed by atoms with Gasteiger partial charge < -0.3 is 15.0 Å². The number of benzene rings is 2. The van der Waals surface area contributed by atoms with Crippen molar-refractivity contribution in [1.29, 1.82) is 0 Å². The Balaban J connectivity index is 1.76. The number of amides is 2. The summed E-state index contributed by atoms with van der Waals surface area (Å²) in [7, 11) is -1.99. The summed E-state index contributed by atoms with van der Waals surface area (Å²) in [6.45, 7) is 2.29. The molecular weight excluding hydrogens is 526 g/mol. The van der Waals surface area contributed by atoms with Crippen molar-refractivity contribution in [3.05, 3.63) is 59.1 Å². The fraction of sp³-hybridized carbons (Fsp3) is 0.500. The molecule has 1 saturated carbocycles. The first kappa shape index (κ1) is 29.8. The molecule has 10 heteroatoms. The van der Waals surface area contributed by atoms with Gasteiger partial charge in [0.15, 0.2) is 0 Å². The molecule has 1 aliphatic carbocycles. The van der Waals surface area contributed by atoms with Gasteiger partial charge in [-0.15, -0.1) is 0 Å². The van der Waals surface area contributed by atoms with Gasteiger partial charge in [-0.1, -0.05) is 49.6 Å². The van der Waals surface area contributed by atoms with Gasteiger partial charge in [0.05, 0.1) is 19.1 Å². The van der Waals surface area contributed by atoms with E-state index in [-0.39, 0.29) is 43.8 Å². The van der Waals surface area contributed by atoms with Gasteiger partial charge in [0.25, 0.3) is 0 Å². The molecule has 8 nitrogen and oxygen atoms in total. The van der Waals surface area contributed by atoms with E-state index in [1.165, 1.54) is 4.31 Å². The molecule has 0 radical (unpaired) electrons. The molecule has 0 bridgehead atoms. The lowest BCUT2D eigenvalue weighted by Gasteiger charge is -2.32. The van der Waals surface area contributed by atoms with Crippen LogP contribution in [0.3, 0.4) is 0 Å². The van der Waals surface area contributed by atoms with Gasteiger partial charge in [-0.3, -0.25) is 13.9 Å². The molecule has 2 aromatic carbocycles. The standard InChI is InChI=1S/C28H38ClN3O5S/c1-4-26(28(34)30-23-10-5-6-11-23)31(20-21-14-16-25(37-2)17-15-21)27(33)13-8-18-32(38(3,35)36)24-12-7-9-22(29)19-24/h7,9,12,14-17,19,23,26H,4-6,8,10-11,13,18,20H2,1-3H3,(H,30,34). The van der Waals surface area contributed by atoms with Crippen LogP contribution in [0.1, 0.15) is 57.4 Å². The molecule has 0 spiro atoms. The summed E-state index contributed by atoms with van der Waals surface area (Å²) >= 11 is 6.07. The van der Waals surface area contributed by atoms with Crippen molar-refractivity contribution in [2.24, 2.45) is 0 Å². The third-order valence-corrected chi connectivity index (χ3v) is 8.28. The Morgan fingerprint density at radius 2 is 1.82 bits per heavy atom. The largest absolute Gasteiger partial charge is 0.497 e. The van der Waals surface area contributed by atoms with E-state index >= 15 is 0 Å². The summed E-state index contributed by atoms with van der Waals surface area (Å²) in [5, 5.41) is 3.57. The summed E-state index contributed by atoms with van der Waals surface area (Å²) in [4.78, 5) is 28.5. The molecular formula is C28H38ClN3O5S. The number of ether oxygens (including phenoxy) is 1. The third kappa shape index (κ3) is 8.36. The molecule has 0 aromatic heterocycles. The van der Waals surface area contributed by atoms with E-state index in [1.54, 1.807) is 36.3 Å². The van der Waals surface area contributed by atoms with Crippen LogP contribution in [0.4, 0.5) is 5.69 Å². The fourth-order valence-corrected chi connectivity index (χ4v) is 5.99. The second kappa shape index (κ2) is 13.8. The van der Waals surface area contributed by atoms with Gasteiger partial charge >= 0.3 is 0 Å². The van der Waals surface area contributed by atoms with Crippen molar-refractivity contribution < 1.29 is 22.7 Å². The number of rotatable bonds is 13. The molecule has 2 amide bonds. The number of hydrogen-bond donors (Lipinski definition) is 1. The van der Waals surface area contributed by atoms with Gasteiger partial charge in [0, 0.05) is 30.6 Å². The lowest BCUT2D eigenvalue weighted by Crippen LogP contribution is -2.51. The molecule has 0 saturated heterocycles. The number of nitrogens with zero attached hydrogens (tertiary/aromatic N) is 2. The highest BCUT2D eigenvalue weighted by Gasteiger charge is 2.30. The first-order valence-corrected chi connectivity index (χ1v) is 15.3. The van der Waals surface area contributed by atoms with Crippen LogP contribution >= 0.6 is 11.6 Å². The summed E-state index contributed by atoms with van der Waals surface area (Å²) in [6, 6.07) is 13.6. The summed E-state index contributed by atoms with van der Waals surface area (Å²) < 4.78 is 31.5. The predicted octanol–water partition coefficient (Wildman–Crippen LogP) is 4.76. The summed E-state index contributed by atoms with van der Waals surface area (Å²) in [6.07, 6.45) is 6.09. The van der Waals surface area contributed by atoms with Crippen LogP contribution in [-0.2, 0) is 26.2 Å². The zero-order valence-electron chi connectivity index (χ0n) is 22.4. The molecule has 1 atom stereocenters. The highest BCUT2D eigenvalue weighted by molar-refractivity contribution is 7.92. The maximum Gasteiger partial charge on any atom is 0.243 e. The smallest absolute Gasteiger partial charge is 0.243 e. The normalized spacial score (nSPS) is 14.6. The monoisotopic (exact) mass is 563 g/mol. The topological polar surface area (TPSA) is 96.0 Å². The molecule has 0 aliphatic heterocycles. The lowest BCUT2D eigenvalue weighted by atomic mass is 10.1. The highest BCUT2D eigenvalue weighted by Crippen LogP contribution is 2.24. The van der Waals surface area contributed by atoms with Crippen LogP contribution in [0.2, 0.25) is 5.02 Å². The molecule has 1 fully saturated rings. The molecule has 2 aromatic rings. The Labute approximate surface area is 231 Å². The number of sulfonamides is 1. The Bertz CT molecular complexity index is 1180. The van der Waals surface area contributed by atoms with Crippen LogP contribution in [0.15, 0.2) is 48.5 Å². The van der Waals surface area contributed by atoms with Gasteiger partial charge in [0.1, 0.15) is 11.8 Å². The average Bonchev–Trinajstić information content (AvgIpc) is 3.39. The van der Waals surface area contributed by atoms with E-state index in [1.807, 2.05) is 31.2 Å². The van der Waals surface area contributed by atoms with Crippen LogP contribution in [-0.4, -0.2) is 57.1 Å². The molecule has 3 rings (SSSR count). The minimum absolute atomic E-state index is 0.0932. The van der Waals surface area contributed by atoms with E-state index in [4.69, 9.17) is 16.3 Å². The van der Waals surface area contributed by atoms with E-state index in [0.717, 1.165) is 37.5 Å². The molecule has 1 N–H and O–H groups in total. The van der Waals surface area contributed by atoms with Gasteiger partial charge in [-0.25, -0.2) is 8.42 Å². The van der Waals surface area contributed by atoms with Gasteiger partial charge in [-0.05, 0) is 61.6 Å². The Morgan fingerprint density at radius 3 is 2.39 bits per heavy atom. The zero-order valence-corrected chi connectivity index (χ0v) is 23.9. The third-order valence-electron chi connectivity index (χ3n) is 6.85. The van der Waals surface area contributed by atoms with Crippen molar-refractivity contribution >= 4 is 39.1 Å². The van der Waals surface area contributed by atoms with Crippen molar-refractivity contribution in [1.82, 2.24) is 10.2 Å². The maximum atomic E-state index is 13.6. The predicted molar refractivity (Wildman–Crippen MR) is 151 cm³/mol. The number of hydrogen-bond acceptors (Lipinski definition) is 5. The van der Waals surface area contributed by atoms with Crippen molar-refractivity contribution in [2.75, 3.05) is 24.2 Å². The number of anilines is 1. The van der Waals surface area contributed by atoms with Crippen LogP contribution in [0, 0.1) is 0 Å². The van der Waals surface area contributed by atoms with Crippen molar-refractivity contribution in [3.63, 3.8) is 0 Å². The van der Waals surface area contributed by atoms with Crippen LogP contribution in [0.25, 0.3) is 0 Å². The van der Waals surface area contributed by atoms with E-state index in [2.05, 4.69) is 5.32 Å². The number of carbonyl (C=O) groups excluding carboxylic acids is 2.